The van der Waals surface area contributed by atoms with Crippen molar-refractivity contribution in [3.05, 3.63) is 45.3 Å². The molecule has 0 spiro atoms. The summed E-state index contributed by atoms with van der Waals surface area (Å²) in [7, 11) is 0. The maximum absolute atomic E-state index is 6.05. The fourth-order valence-corrected chi connectivity index (χ4v) is 1.95. The number of aromatic nitrogens is 1. The van der Waals surface area contributed by atoms with Crippen LogP contribution in [0.5, 0.6) is 0 Å². The second-order valence-electron chi connectivity index (χ2n) is 2.72. The summed E-state index contributed by atoms with van der Waals surface area (Å²) >= 11 is 8.29. The highest BCUT2D eigenvalue weighted by Crippen LogP contribution is 2.27. The van der Waals surface area contributed by atoms with Gasteiger partial charge in [-0.2, -0.15) is 0 Å². The zero-order chi connectivity index (χ0) is 9.26. The molecule has 0 fully saturated rings. The molecular weight excluding hydrogens is 296 g/mol. The van der Waals surface area contributed by atoms with E-state index in [-0.39, 0.29) is 0 Å². The molecule has 1 aromatic carbocycles. The van der Waals surface area contributed by atoms with Crippen molar-refractivity contribution < 1.29 is 0 Å². The number of benzene rings is 1. The summed E-state index contributed by atoms with van der Waals surface area (Å²) in [5, 5.41) is 0.790. The Kier molecular flexibility index (Phi) is 2.60. The quantitative estimate of drug-likeness (QED) is 0.768. The second-order valence-corrected chi connectivity index (χ2v) is 4.29. The van der Waals surface area contributed by atoms with Gasteiger partial charge in [0, 0.05) is 22.3 Å². The molecule has 13 heavy (non-hydrogen) atoms. The monoisotopic (exact) mass is 303 g/mol. The van der Waals surface area contributed by atoms with Crippen LogP contribution in [0.1, 0.15) is 0 Å². The molecule has 0 atom stereocenters. The Morgan fingerprint density at radius 2 is 2.00 bits per heavy atom. The number of nitrogens with one attached hydrogen (secondary N) is 1. The first-order valence-electron chi connectivity index (χ1n) is 3.86. The second kappa shape index (κ2) is 3.72. The third-order valence-electron chi connectivity index (χ3n) is 1.83. The third kappa shape index (κ3) is 1.89. The van der Waals surface area contributed by atoms with Crippen molar-refractivity contribution in [2.45, 2.75) is 0 Å². The SMILES string of the molecule is Clc1ccccc1-c1c[nH]c(I)c1. The largest absolute Gasteiger partial charge is 0.356 e. The molecule has 0 aliphatic heterocycles. The highest BCUT2D eigenvalue weighted by atomic mass is 127. The standard InChI is InChI=1S/C10H7ClIN/c11-9-4-2-1-3-8(9)7-5-10(12)13-6-7/h1-6,13H. The van der Waals surface area contributed by atoms with E-state index in [9.17, 15) is 0 Å². The van der Waals surface area contributed by atoms with E-state index in [0.29, 0.717) is 0 Å². The van der Waals surface area contributed by atoms with E-state index in [1.54, 1.807) is 0 Å². The van der Waals surface area contributed by atoms with E-state index in [2.05, 4.69) is 33.6 Å². The molecule has 1 aromatic heterocycles. The van der Waals surface area contributed by atoms with E-state index in [0.717, 1.165) is 19.9 Å². The number of halogens is 2. The average Bonchev–Trinajstić information content (AvgIpc) is 2.53. The minimum absolute atomic E-state index is 0.790. The number of hydrogen-bond acceptors (Lipinski definition) is 0. The van der Waals surface area contributed by atoms with Gasteiger partial charge < -0.3 is 4.98 Å². The van der Waals surface area contributed by atoms with E-state index in [1.807, 2.05) is 30.5 Å². The Morgan fingerprint density at radius 1 is 1.23 bits per heavy atom. The van der Waals surface area contributed by atoms with Gasteiger partial charge in [0.25, 0.3) is 0 Å². The zero-order valence-electron chi connectivity index (χ0n) is 6.72. The Hall–Kier alpha value is -0.480. The Bertz CT molecular complexity index is 422. The summed E-state index contributed by atoms with van der Waals surface area (Å²) in [4.78, 5) is 3.12. The van der Waals surface area contributed by atoms with Gasteiger partial charge in [-0.05, 0) is 34.7 Å². The third-order valence-corrected chi connectivity index (χ3v) is 2.79. The molecule has 0 amide bonds. The average molecular weight is 304 g/mol. The van der Waals surface area contributed by atoms with Crippen molar-refractivity contribution in [1.29, 1.82) is 0 Å². The lowest BCUT2D eigenvalue weighted by atomic mass is 10.1. The zero-order valence-corrected chi connectivity index (χ0v) is 9.63. The van der Waals surface area contributed by atoms with Gasteiger partial charge in [-0.3, -0.25) is 0 Å². The summed E-state index contributed by atoms with van der Waals surface area (Å²) in [6, 6.07) is 9.91. The van der Waals surface area contributed by atoms with Gasteiger partial charge in [0.2, 0.25) is 0 Å². The first-order valence-corrected chi connectivity index (χ1v) is 5.32. The molecule has 2 aromatic rings. The van der Waals surface area contributed by atoms with E-state index < -0.39 is 0 Å². The molecule has 0 radical (unpaired) electrons. The molecule has 1 N–H and O–H groups in total. The fraction of sp³-hybridized carbons (Fsp3) is 0. The van der Waals surface area contributed by atoms with Crippen molar-refractivity contribution in [2.75, 3.05) is 0 Å². The number of aromatic amines is 1. The molecule has 0 saturated carbocycles. The van der Waals surface area contributed by atoms with Crippen LogP contribution in [0.2, 0.25) is 5.02 Å². The normalized spacial score (nSPS) is 10.3. The summed E-state index contributed by atoms with van der Waals surface area (Å²) in [6.07, 6.45) is 1.96. The van der Waals surface area contributed by atoms with Gasteiger partial charge in [0.05, 0.1) is 3.70 Å². The molecule has 0 aliphatic carbocycles. The van der Waals surface area contributed by atoms with Crippen LogP contribution in [0.4, 0.5) is 0 Å². The van der Waals surface area contributed by atoms with Crippen LogP contribution in [0.3, 0.4) is 0 Å². The summed E-state index contributed by atoms with van der Waals surface area (Å²) in [5.41, 5.74) is 2.21. The summed E-state index contributed by atoms with van der Waals surface area (Å²) in [6.45, 7) is 0. The fourth-order valence-electron chi connectivity index (χ4n) is 1.22. The lowest BCUT2D eigenvalue weighted by Crippen LogP contribution is -1.74. The van der Waals surface area contributed by atoms with Crippen molar-refractivity contribution >= 4 is 34.2 Å². The molecule has 66 valence electrons. The first-order chi connectivity index (χ1) is 6.27. The number of hydrogen-bond donors (Lipinski definition) is 1. The van der Waals surface area contributed by atoms with Crippen molar-refractivity contribution in [1.82, 2.24) is 4.98 Å². The van der Waals surface area contributed by atoms with Crippen LogP contribution in [-0.4, -0.2) is 4.98 Å². The predicted octanol–water partition coefficient (Wildman–Crippen LogP) is 3.94. The minimum atomic E-state index is 0.790. The Balaban J connectivity index is 2.52. The van der Waals surface area contributed by atoms with E-state index >= 15 is 0 Å². The molecule has 3 heteroatoms. The molecule has 0 unspecified atom stereocenters. The van der Waals surface area contributed by atoms with E-state index in [4.69, 9.17) is 11.6 Å². The van der Waals surface area contributed by atoms with Gasteiger partial charge in [-0.15, -0.1) is 0 Å². The lowest BCUT2D eigenvalue weighted by Gasteiger charge is -1.98. The van der Waals surface area contributed by atoms with Crippen LogP contribution in [-0.2, 0) is 0 Å². The molecular formula is C10H7ClIN. The highest BCUT2D eigenvalue weighted by molar-refractivity contribution is 14.1. The van der Waals surface area contributed by atoms with Gasteiger partial charge in [0.1, 0.15) is 0 Å². The molecule has 0 aliphatic rings. The number of H-pyrrole nitrogens is 1. The highest BCUT2D eigenvalue weighted by Gasteiger charge is 2.03. The van der Waals surface area contributed by atoms with E-state index in [1.165, 1.54) is 0 Å². The first kappa shape index (κ1) is 9.09. The topological polar surface area (TPSA) is 15.8 Å². The minimum Gasteiger partial charge on any atom is -0.356 e. The van der Waals surface area contributed by atoms with Crippen LogP contribution in [0.25, 0.3) is 11.1 Å². The van der Waals surface area contributed by atoms with Crippen molar-refractivity contribution in [3.8, 4) is 11.1 Å². The Labute approximate surface area is 95.3 Å². The van der Waals surface area contributed by atoms with Crippen LogP contribution in [0.15, 0.2) is 36.5 Å². The van der Waals surface area contributed by atoms with Crippen LogP contribution < -0.4 is 0 Å². The lowest BCUT2D eigenvalue weighted by molar-refractivity contribution is 1.36. The smallest absolute Gasteiger partial charge is 0.0778 e. The van der Waals surface area contributed by atoms with Gasteiger partial charge in [-0.25, -0.2) is 0 Å². The van der Waals surface area contributed by atoms with Crippen LogP contribution in [0, 0.1) is 3.70 Å². The molecule has 0 saturated heterocycles. The summed E-state index contributed by atoms with van der Waals surface area (Å²) < 4.78 is 1.12. The Morgan fingerprint density at radius 3 is 2.62 bits per heavy atom. The maximum Gasteiger partial charge on any atom is 0.0778 e. The van der Waals surface area contributed by atoms with Crippen molar-refractivity contribution in [2.24, 2.45) is 0 Å². The molecule has 0 bridgehead atoms. The predicted molar refractivity (Wildman–Crippen MR) is 64.0 cm³/mol. The summed E-state index contributed by atoms with van der Waals surface area (Å²) in [5.74, 6) is 0. The molecule has 2 rings (SSSR count). The van der Waals surface area contributed by atoms with Gasteiger partial charge >= 0.3 is 0 Å². The molecule has 1 heterocycles. The number of rotatable bonds is 1. The van der Waals surface area contributed by atoms with Crippen molar-refractivity contribution in [3.63, 3.8) is 0 Å². The maximum atomic E-state index is 6.05. The molecule has 1 nitrogen and oxygen atoms in total. The van der Waals surface area contributed by atoms with Gasteiger partial charge in [-0.1, -0.05) is 29.8 Å². The van der Waals surface area contributed by atoms with Gasteiger partial charge in [0.15, 0.2) is 0 Å². The van der Waals surface area contributed by atoms with Crippen LogP contribution >= 0.6 is 34.2 Å².